The number of imidazole rings is 1. The Morgan fingerprint density at radius 1 is 1.17 bits per heavy atom. The molecule has 0 aliphatic carbocycles. The van der Waals surface area contributed by atoms with Gasteiger partial charge < -0.3 is 0 Å². The molecule has 0 aliphatic heterocycles. The lowest BCUT2D eigenvalue weighted by atomic mass is 10.3. The second-order valence-electron chi connectivity index (χ2n) is 3.55. The lowest BCUT2D eigenvalue weighted by molar-refractivity contribution is 1.12. The number of aromatic nitrogens is 4. The van der Waals surface area contributed by atoms with Crippen LogP contribution in [-0.4, -0.2) is 19.4 Å². The average Bonchev–Trinajstić information content (AvgIpc) is 2.75. The third kappa shape index (κ3) is 1.98. The normalized spacial score (nSPS) is 11.1. The summed E-state index contributed by atoms with van der Waals surface area (Å²) in [5.74, 6) is 0. The molecule has 0 amide bonds. The van der Waals surface area contributed by atoms with Gasteiger partial charge in [0.25, 0.3) is 0 Å². The zero-order chi connectivity index (χ0) is 12.7. The Labute approximate surface area is 121 Å². The number of halogens is 3. The number of fused-ring (bicyclic) bond motifs is 1. The van der Waals surface area contributed by atoms with Gasteiger partial charge in [0, 0.05) is 10.7 Å². The molecule has 0 fully saturated rings. The average molecular weight is 344 g/mol. The number of nitrogens with zero attached hydrogens (tertiary/aromatic N) is 4. The van der Waals surface area contributed by atoms with Gasteiger partial charge in [-0.25, -0.2) is 15.0 Å². The summed E-state index contributed by atoms with van der Waals surface area (Å²) in [5, 5.41) is 0.589. The summed E-state index contributed by atoms with van der Waals surface area (Å²) in [6, 6.07) is 3.81. The van der Waals surface area contributed by atoms with Crippen molar-refractivity contribution in [2.75, 3.05) is 0 Å². The molecule has 0 spiro atoms. The first-order valence-electron chi connectivity index (χ1n) is 4.96. The first-order valence-corrected chi connectivity index (χ1v) is 6.51. The highest BCUT2D eigenvalue weighted by molar-refractivity contribution is 9.10. The Bertz CT molecular complexity index is 741. The zero-order valence-corrected chi connectivity index (χ0v) is 11.9. The molecule has 0 aliphatic rings. The Hall–Kier alpha value is -1.17. The number of hydrogen-bond acceptors (Lipinski definition) is 3. The maximum atomic E-state index is 6.09. The molecular weight excluding hydrogens is 339 g/mol. The summed E-state index contributed by atoms with van der Waals surface area (Å²) in [6.45, 7) is 0. The lowest BCUT2D eigenvalue weighted by Gasteiger charge is -2.03. The van der Waals surface area contributed by atoms with Crippen molar-refractivity contribution in [2.24, 2.45) is 0 Å². The van der Waals surface area contributed by atoms with Crippen molar-refractivity contribution in [3.8, 4) is 11.4 Å². The highest BCUT2D eigenvalue weighted by Gasteiger charge is 2.12. The van der Waals surface area contributed by atoms with Crippen LogP contribution in [0.1, 0.15) is 0 Å². The largest absolute Gasteiger partial charge is 0.298 e. The third-order valence-corrected chi connectivity index (χ3v) is 3.38. The van der Waals surface area contributed by atoms with Crippen LogP contribution >= 0.6 is 39.1 Å². The van der Waals surface area contributed by atoms with E-state index in [0.29, 0.717) is 10.7 Å². The molecule has 0 atom stereocenters. The quantitative estimate of drug-likeness (QED) is 0.630. The Morgan fingerprint density at radius 2 is 2.00 bits per heavy atom. The standard InChI is InChI=1S/C11H5BrCl2N4/c12-6-1-2-18-8(5-15-9(18)3-6)10-7(13)4-16-11(14)17-10/h1-5H. The first kappa shape index (κ1) is 11.9. The summed E-state index contributed by atoms with van der Waals surface area (Å²) >= 11 is 15.3. The van der Waals surface area contributed by atoms with Crippen LogP contribution in [0.3, 0.4) is 0 Å². The smallest absolute Gasteiger partial charge is 0.223 e. The maximum absolute atomic E-state index is 6.09. The molecule has 0 bridgehead atoms. The van der Waals surface area contributed by atoms with Crippen molar-refractivity contribution in [3.63, 3.8) is 0 Å². The minimum atomic E-state index is 0.154. The topological polar surface area (TPSA) is 43.1 Å². The van der Waals surface area contributed by atoms with Crippen LogP contribution < -0.4 is 0 Å². The predicted molar refractivity (Wildman–Crippen MR) is 73.9 cm³/mol. The van der Waals surface area contributed by atoms with Crippen LogP contribution in [0.15, 0.2) is 35.2 Å². The van der Waals surface area contributed by atoms with Gasteiger partial charge in [-0.1, -0.05) is 27.5 Å². The van der Waals surface area contributed by atoms with E-state index in [4.69, 9.17) is 23.2 Å². The van der Waals surface area contributed by atoms with E-state index in [-0.39, 0.29) is 5.28 Å². The van der Waals surface area contributed by atoms with Gasteiger partial charge in [-0.2, -0.15) is 0 Å². The summed E-state index contributed by atoms with van der Waals surface area (Å²) in [4.78, 5) is 12.3. The zero-order valence-electron chi connectivity index (χ0n) is 8.81. The molecule has 0 saturated heterocycles. The van der Waals surface area contributed by atoms with Crippen molar-refractivity contribution in [1.82, 2.24) is 19.4 Å². The van der Waals surface area contributed by atoms with E-state index in [1.165, 1.54) is 6.20 Å². The van der Waals surface area contributed by atoms with E-state index < -0.39 is 0 Å². The van der Waals surface area contributed by atoms with Gasteiger partial charge in [-0.15, -0.1) is 0 Å². The minimum Gasteiger partial charge on any atom is -0.298 e. The molecule has 3 aromatic heterocycles. The van der Waals surface area contributed by atoms with Crippen molar-refractivity contribution >= 4 is 44.8 Å². The molecule has 0 radical (unpaired) electrons. The fraction of sp³-hybridized carbons (Fsp3) is 0. The SMILES string of the molecule is Clc1ncc(Cl)c(-c2cnc3cc(Br)ccn23)n1. The fourth-order valence-corrected chi connectivity index (χ4v) is 2.30. The molecule has 90 valence electrons. The maximum Gasteiger partial charge on any atom is 0.223 e. The minimum absolute atomic E-state index is 0.154. The highest BCUT2D eigenvalue weighted by atomic mass is 79.9. The van der Waals surface area contributed by atoms with Crippen molar-refractivity contribution in [3.05, 3.63) is 45.5 Å². The van der Waals surface area contributed by atoms with Crippen LogP contribution in [-0.2, 0) is 0 Å². The third-order valence-electron chi connectivity index (χ3n) is 2.43. The molecule has 0 N–H and O–H groups in total. The van der Waals surface area contributed by atoms with Gasteiger partial charge in [-0.3, -0.25) is 4.40 Å². The van der Waals surface area contributed by atoms with Crippen LogP contribution in [0.4, 0.5) is 0 Å². The van der Waals surface area contributed by atoms with E-state index in [9.17, 15) is 0 Å². The van der Waals surface area contributed by atoms with E-state index in [0.717, 1.165) is 15.8 Å². The van der Waals surface area contributed by atoms with Gasteiger partial charge in [0.05, 0.1) is 23.1 Å². The van der Waals surface area contributed by atoms with E-state index in [1.807, 2.05) is 22.7 Å². The fourth-order valence-electron chi connectivity index (χ4n) is 1.66. The lowest BCUT2D eigenvalue weighted by Crippen LogP contribution is -1.93. The van der Waals surface area contributed by atoms with Crippen LogP contribution in [0, 0.1) is 0 Å². The molecule has 0 aromatic carbocycles. The van der Waals surface area contributed by atoms with E-state index >= 15 is 0 Å². The van der Waals surface area contributed by atoms with Gasteiger partial charge in [0.15, 0.2) is 0 Å². The molecule has 3 aromatic rings. The monoisotopic (exact) mass is 342 g/mol. The Morgan fingerprint density at radius 3 is 2.83 bits per heavy atom. The molecule has 18 heavy (non-hydrogen) atoms. The molecule has 3 rings (SSSR count). The molecule has 3 heterocycles. The Balaban J connectivity index is 2.28. The van der Waals surface area contributed by atoms with Crippen molar-refractivity contribution in [2.45, 2.75) is 0 Å². The second-order valence-corrected chi connectivity index (χ2v) is 5.21. The summed E-state index contributed by atoms with van der Waals surface area (Å²) in [7, 11) is 0. The number of hydrogen-bond donors (Lipinski definition) is 0. The highest BCUT2D eigenvalue weighted by Crippen LogP contribution is 2.27. The molecule has 7 heteroatoms. The van der Waals surface area contributed by atoms with Gasteiger partial charge in [-0.05, 0) is 23.7 Å². The second kappa shape index (κ2) is 4.50. The van der Waals surface area contributed by atoms with E-state index in [1.54, 1.807) is 6.20 Å². The molecule has 0 unspecified atom stereocenters. The number of pyridine rings is 1. The van der Waals surface area contributed by atoms with E-state index in [2.05, 4.69) is 30.9 Å². The summed E-state index contributed by atoms with van der Waals surface area (Å²) < 4.78 is 2.84. The van der Waals surface area contributed by atoms with Crippen molar-refractivity contribution in [1.29, 1.82) is 0 Å². The first-order chi connectivity index (χ1) is 8.65. The van der Waals surface area contributed by atoms with Crippen LogP contribution in [0.2, 0.25) is 10.3 Å². The molecule has 0 saturated carbocycles. The van der Waals surface area contributed by atoms with Gasteiger partial charge in [0.2, 0.25) is 5.28 Å². The summed E-state index contributed by atoms with van der Waals surface area (Å²) in [6.07, 6.45) is 5.06. The molecule has 4 nitrogen and oxygen atoms in total. The number of rotatable bonds is 1. The summed E-state index contributed by atoms with van der Waals surface area (Å²) in [5.41, 5.74) is 2.13. The van der Waals surface area contributed by atoms with Crippen molar-refractivity contribution < 1.29 is 0 Å². The predicted octanol–water partition coefficient (Wildman–Crippen LogP) is 3.86. The van der Waals surface area contributed by atoms with Gasteiger partial charge in [0.1, 0.15) is 11.3 Å². The van der Waals surface area contributed by atoms with Crippen LogP contribution in [0.5, 0.6) is 0 Å². The van der Waals surface area contributed by atoms with Gasteiger partial charge >= 0.3 is 0 Å². The Kier molecular flexibility index (Phi) is 2.97. The van der Waals surface area contributed by atoms with Crippen LogP contribution in [0.25, 0.3) is 17.0 Å². The molecular formula is C11H5BrCl2N4.